The number of hydrogen-bond donors (Lipinski definition) is 1. The van der Waals surface area contributed by atoms with Crippen molar-refractivity contribution >= 4 is 29.1 Å². The van der Waals surface area contributed by atoms with Gasteiger partial charge in [0.1, 0.15) is 5.82 Å². The first kappa shape index (κ1) is 22.9. The van der Waals surface area contributed by atoms with Crippen LogP contribution in [0.4, 0.5) is 10.1 Å². The number of benzene rings is 2. The summed E-state index contributed by atoms with van der Waals surface area (Å²) in [6.07, 6.45) is 0. The number of hydrogen-bond acceptors (Lipinski definition) is 4. The molecule has 1 aromatic heterocycles. The van der Waals surface area contributed by atoms with Crippen LogP contribution in [0.15, 0.2) is 48.5 Å². The molecule has 2 aromatic carbocycles. The number of piperazine rings is 1. The average Bonchev–Trinajstić information content (AvgIpc) is 3.09. The molecule has 0 unspecified atom stereocenters. The maximum Gasteiger partial charge on any atom is 0.257 e. The van der Waals surface area contributed by atoms with Gasteiger partial charge in [-0.25, -0.2) is 9.07 Å². The summed E-state index contributed by atoms with van der Waals surface area (Å²) in [6, 6.07) is 13.1. The highest BCUT2D eigenvalue weighted by Crippen LogP contribution is 2.22. The number of halogens is 2. The molecule has 9 heteroatoms. The Hall–Kier alpha value is -3.23. The second kappa shape index (κ2) is 9.72. The second-order valence-electron chi connectivity index (χ2n) is 8.03. The molecule has 4 rings (SSSR count). The Bertz CT molecular complexity index is 1170. The number of nitrogens with one attached hydrogen (secondary N) is 1. The van der Waals surface area contributed by atoms with E-state index in [-0.39, 0.29) is 24.2 Å². The lowest BCUT2D eigenvalue weighted by Crippen LogP contribution is -2.50. The summed E-state index contributed by atoms with van der Waals surface area (Å²) in [6.45, 7) is 6.07. The Morgan fingerprint density at radius 1 is 1.03 bits per heavy atom. The summed E-state index contributed by atoms with van der Waals surface area (Å²) in [7, 11) is 0. The van der Waals surface area contributed by atoms with Gasteiger partial charge in [-0.05, 0) is 50.2 Å². The molecule has 1 aliphatic heterocycles. The van der Waals surface area contributed by atoms with Crippen LogP contribution in [0.2, 0.25) is 5.02 Å². The summed E-state index contributed by atoms with van der Waals surface area (Å²) < 4.78 is 14.9. The van der Waals surface area contributed by atoms with Gasteiger partial charge in [0, 0.05) is 26.2 Å². The summed E-state index contributed by atoms with van der Waals surface area (Å²) in [5.74, 6) is -0.552. The summed E-state index contributed by atoms with van der Waals surface area (Å²) in [4.78, 5) is 29.4. The Balaban J connectivity index is 1.37. The van der Waals surface area contributed by atoms with Crippen molar-refractivity contribution < 1.29 is 14.0 Å². The lowest BCUT2D eigenvalue weighted by molar-refractivity contribution is -0.117. The van der Waals surface area contributed by atoms with Crippen molar-refractivity contribution in [3.05, 3.63) is 76.3 Å². The second-order valence-corrected chi connectivity index (χ2v) is 8.44. The number of aryl methyl sites for hydroxylation is 1. The maximum absolute atomic E-state index is 13.3. The van der Waals surface area contributed by atoms with Crippen molar-refractivity contribution in [1.29, 1.82) is 0 Å². The highest BCUT2D eigenvalue weighted by atomic mass is 35.5. The van der Waals surface area contributed by atoms with Crippen molar-refractivity contribution in [3.63, 3.8) is 0 Å². The van der Waals surface area contributed by atoms with Crippen LogP contribution in [0.3, 0.4) is 0 Å². The Morgan fingerprint density at radius 2 is 1.70 bits per heavy atom. The molecule has 0 aliphatic carbocycles. The maximum atomic E-state index is 13.3. The van der Waals surface area contributed by atoms with Crippen molar-refractivity contribution in [2.45, 2.75) is 13.8 Å². The quantitative estimate of drug-likeness (QED) is 0.619. The number of nitrogens with zero attached hydrogens (tertiary/aromatic N) is 4. The first-order valence-corrected chi connectivity index (χ1v) is 11.1. The predicted molar refractivity (Wildman–Crippen MR) is 125 cm³/mol. The van der Waals surface area contributed by atoms with Crippen LogP contribution < -0.4 is 5.32 Å². The van der Waals surface area contributed by atoms with Crippen LogP contribution in [-0.4, -0.2) is 64.1 Å². The van der Waals surface area contributed by atoms with E-state index in [9.17, 15) is 14.0 Å². The van der Waals surface area contributed by atoms with Crippen LogP contribution in [0.25, 0.3) is 5.69 Å². The molecule has 33 heavy (non-hydrogen) atoms. The summed E-state index contributed by atoms with van der Waals surface area (Å²) >= 11 is 6.10. The number of anilines is 1. The molecule has 2 amide bonds. The van der Waals surface area contributed by atoms with Gasteiger partial charge in [-0.2, -0.15) is 5.10 Å². The van der Waals surface area contributed by atoms with E-state index in [1.807, 2.05) is 17.9 Å². The van der Waals surface area contributed by atoms with E-state index in [0.29, 0.717) is 59.5 Å². The Morgan fingerprint density at radius 3 is 2.36 bits per heavy atom. The van der Waals surface area contributed by atoms with Gasteiger partial charge in [0.15, 0.2) is 0 Å². The Kier molecular flexibility index (Phi) is 6.76. The molecule has 0 saturated carbocycles. The van der Waals surface area contributed by atoms with Gasteiger partial charge >= 0.3 is 0 Å². The van der Waals surface area contributed by atoms with Gasteiger partial charge in [0.05, 0.1) is 39.9 Å². The highest BCUT2D eigenvalue weighted by molar-refractivity contribution is 6.33. The van der Waals surface area contributed by atoms with Gasteiger partial charge in [0.25, 0.3) is 5.91 Å². The molecule has 2 heterocycles. The molecule has 1 saturated heterocycles. The third-order valence-corrected chi connectivity index (χ3v) is 6.08. The first-order valence-electron chi connectivity index (χ1n) is 10.7. The van der Waals surface area contributed by atoms with Gasteiger partial charge in [-0.1, -0.05) is 23.7 Å². The van der Waals surface area contributed by atoms with Gasteiger partial charge in [-0.15, -0.1) is 0 Å². The fourth-order valence-corrected chi connectivity index (χ4v) is 4.19. The van der Waals surface area contributed by atoms with Crippen LogP contribution in [0, 0.1) is 19.7 Å². The standard InChI is InChI=1S/C24H25ClFN5O2/c1-16-23(17(2)31(28-16)19-9-7-18(26)8-10-19)24(33)30-13-11-29(12-14-30)15-22(32)27-21-6-4-3-5-20(21)25/h3-10H,11-15H2,1-2H3,(H,27,32). The minimum Gasteiger partial charge on any atom is -0.336 e. The molecule has 3 aromatic rings. The van der Waals surface area contributed by atoms with Crippen LogP contribution in [0.5, 0.6) is 0 Å². The summed E-state index contributed by atoms with van der Waals surface area (Å²) in [5, 5.41) is 7.82. The topological polar surface area (TPSA) is 70.5 Å². The van der Waals surface area contributed by atoms with E-state index >= 15 is 0 Å². The van der Waals surface area contributed by atoms with Gasteiger partial charge in [0.2, 0.25) is 5.91 Å². The number of carbonyl (C=O) groups excluding carboxylic acids is 2. The largest absolute Gasteiger partial charge is 0.336 e. The summed E-state index contributed by atoms with van der Waals surface area (Å²) in [5.41, 5.74) is 3.19. The normalized spacial score (nSPS) is 14.4. The molecular formula is C24H25ClFN5O2. The zero-order valence-corrected chi connectivity index (χ0v) is 19.3. The molecule has 1 fully saturated rings. The van der Waals surface area contributed by atoms with Crippen molar-refractivity contribution in [2.24, 2.45) is 0 Å². The molecule has 1 N–H and O–H groups in total. The molecular weight excluding hydrogens is 445 g/mol. The Labute approximate surface area is 196 Å². The first-order chi connectivity index (χ1) is 15.8. The zero-order chi connectivity index (χ0) is 23.5. The number of aromatic nitrogens is 2. The van der Waals surface area contributed by atoms with E-state index in [1.165, 1.54) is 12.1 Å². The van der Waals surface area contributed by atoms with Crippen LogP contribution >= 0.6 is 11.6 Å². The van der Waals surface area contributed by atoms with E-state index in [4.69, 9.17) is 11.6 Å². The fourth-order valence-electron chi connectivity index (χ4n) is 4.01. The molecule has 0 radical (unpaired) electrons. The van der Waals surface area contributed by atoms with Crippen molar-refractivity contribution in [2.75, 3.05) is 38.0 Å². The van der Waals surface area contributed by atoms with E-state index < -0.39 is 0 Å². The molecule has 1 aliphatic rings. The van der Waals surface area contributed by atoms with Gasteiger partial charge < -0.3 is 10.2 Å². The van der Waals surface area contributed by atoms with Crippen LogP contribution in [0.1, 0.15) is 21.7 Å². The van der Waals surface area contributed by atoms with Crippen LogP contribution in [-0.2, 0) is 4.79 Å². The molecule has 0 bridgehead atoms. The lowest BCUT2D eigenvalue weighted by atomic mass is 10.1. The smallest absolute Gasteiger partial charge is 0.257 e. The zero-order valence-electron chi connectivity index (χ0n) is 18.5. The third-order valence-electron chi connectivity index (χ3n) is 5.75. The fraction of sp³-hybridized carbons (Fsp3) is 0.292. The number of rotatable bonds is 5. The van der Waals surface area contributed by atoms with E-state index in [1.54, 1.807) is 46.8 Å². The average molecular weight is 470 g/mol. The molecule has 0 spiro atoms. The SMILES string of the molecule is Cc1nn(-c2ccc(F)cc2)c(C)c1C(=O)N1CCN(CC(=O)Nc2ccccc2Cl)CC1. The minimum absolute atomic E-state index is 0.0847. The molecule has 7 nitrogen and oxygen atoms in total. The highest BCUT2D eigenvalue weighted by Gasteiger charge is 2.28. The molecule has 172 valence electrons. The van der Waals surface area contributed by atoms with Gasteiger partial charge in [-0.3, -0.25) is 14.5 Å². The third kappa shape index (κ3) is 5.07. The molecule has 0 atom stereocenters. The predicted octanol–water partition coefficient (Wildman–Crippen LogP) is 3.68. The van der Waals surface area contributed by atoms with E-state index in [0.717, 1.165) is 0 Å². The number of amides is 2. The monoisotopic (exact) mass is 469 g/mol. The minimum atomic E-state index is -0.324. The van der Waals surface area contributed by atoms with Crippen molar-refractivity contribution in [1.82, 2.24) is 19.6 Å². The lowest BCUT2D eigenvalue weighted by Gasteiger charge is -2.34. The number of carbonyl (C=O) groups is 2. The number of para-hydroxylation sites is 1. The van der Waals surface area contributed by atoms with E-state index in [2.05, 4.69) is 10.4 Å². The van der Waals surface area contributed by atoms with Crippen molar-refractivity contribution in [3.8, 4) is 5.69 Å².